The number of carbonyl (C=O) groups is 1. The molecule has 3 fully saturated rings. The molecule has 0 aromatic rings. The topological polar surface area (TPSA) is 32.3 Å². The maximum absolute atomic E-state index is 12.8. The maximum Gasteiger partial charge on any atom is 0.228 e. The first-order chi connectivity index (χ1) is 9.20. The normalized spacial score (nSPS) is 26.9. The van der Waals surface area contributed by atoms with Crippen LogP contribution in [0.3, 0.4) is 0 Å². The Morgan fingerprint density at radius 1 is 1.15 bits per heavy atom. The van der Waals surface area contributed by atoms with Crippen molar-refractivity contribution in [3.05, 3.63) is 0 Å². The summed E-state index contributed by atoms with van der Waals surface area (Å²) in [5, 5.41) is 3.50. The Bertz CT molecular complexity index is 338. The molecule has 2 aliphatic heterocycles. The molecule has 0 unspecified atom stereocenters. The fraction of sp³-hybridized carbons (Fsp3) is 0.938. The molecule has 3 aliphatic rings. The SMILES string of the molecule is CCCC1(C(=O)N2CCC3(CCNC3)CC2)CCC1.Cl. The number of nitrogens with one attached hydrogen (secondary N) is 1. The van der Waals surface area contributed by atoms with Gasteiger partial charge in [0.05, 0.1) is 0 Å². The number of likely N-dealkylation sites (tertiary alicyclic amines) is 1. The van der Waals surface area contributed by atoms with Gasteiger partial charge in [-0.1, -0.05) is 19.8 Å². The van der Waals surface area contributed by atoms with E-state index in [2.05, 4.69) is 17.1 Å². The number of nitrogens with zero attached hydrogens (tertiary/aromatic N) is 1. The van der Waals surface area contributed by atoms with Crippen molar-refractivity contribution in [2.45, 2.75) is 58.3 Å². The number of halogens is 1. The van der Waals surface area contributed by atoms with Crippen molar-refractivity contribution in [1.82, 2.24) is 10.2 Å². The second-order valence-corrected chi connectivity index (χ2v) is 7.10. The van der Waals surface area contributed by atoms with Crippen molar-refractivity contribution in [2.75, 3.05) is 26.2 Å². The molecule has 1 saturated carbocycles. The average Bonchev–Trinajstić information content (AvgIpc) is 2.82. The van der Waals surface area contributed by atoms with E-state index >= 15 is 0 Å². The maximum atomic E-state index is 12.8. The summed E-state index contributed by atoms with van der Waals surface area (Å²) < 4.78 is 0. The summed E-state index contributed by atoms with van der Waals surface area (Å²) in [4.78, 5) is 15.0. The van der Waals surface area contributed by atoms with Crippen molar-refractivity contribution < 1.29 is 4.79 Å². The number of hydrogen-bond donors (Lipinski definition) is 1. The molecule has 116 valence electrons. The second kappa shape index (κ2) is 6.23. The first-order valence-corrected chi connectivity index (χ1v) is 8.20. The van der Waals surface area contributed by atoms with Gasteiger partial charge >= 0.3 is 0 Å². The van der Waals surface area contributed by atoms with Crippen molar-refractivity contribution in [3.63, 3.8) is 0 Å². The van der Waals surface area contributed by atoms with Crippen LogP contribution in [0.4, 0.5) is 0 Å². The summed E-state index contributed by atoms with van der Waals surface area (Å²) in [7, 11) is 0. The van der Waals surface area contributed by atoms with Gasteiger partial charge in [-0.05, 0) is 50.5 Å². The number of hydrogen-bond acceptors (Lipinski definition) is 2. The van der Waals surface area contributed by atoms with Gasteiger partial charge in [0.1, 0.15) is 0 Å². The van der Waals surface area contributed by atoms with Gasteiger partial charge in [0.2, 0.25) is 5.91 Å². The highest BCUT2D eigenvalue weighted by atomic mass is 35.5. The minimum Gasteiger partial charge on any atom is -0.342 e. The quantitative estimate of drug-likeness (QED) is 0.869. The standard InChI is InChI=1S/C16H28N2O.ClH/c1-2-4-16(5-3-6-16)14(19)18-11-8-15(9-12-18)7-10-17-13-15;/h17H,2-13H2,1H3;1H. The lowest BCUT2D eigenvalue weighted by Crippen LogP contribution is -2.52. The van der Waals surface area contributed by atoms with Gasteiger partial charge in [0.25, 0.3) is 0 Å². The predicted octanol–water partition coefficient (Wildman–Crippen LogP) is 2.98. The van der Waals surface area contributed by atoms with Crippen LogP contribution in [0.5, 0.6) is 0 Å². The zero-order chi connectivity index (χ0) is 13.3. The Labute approximate surface area is 129 Å². The van der Waals surface area contributed by atoms with Crippen molar-refractivity contribution >= 4 is 18.3 Å². The Hall–Kier alpha value is -0.280. The number of amides is 1. The van der Waals surface area contributed by atoms with Crippen LogP contribution in [0.25, 0.3) is 0 Å². The van der Waals surface area contributed by atoms with Gasteiger partial charge in [0, 0.05) is 25.0 Å². The minimum atomic E-state index is 0. The molecule has 2 saturated heterocycles. The summed E-state index contributed by atoms with van der Waals surface area (Å²) in [6.45, 7) is 6.57. The summed E-state index contributed by atoms with van der Waals surface area (Å²) in [5.74, 6) is 0.487. The lowest BCUT2D eigenvalue weighted by Gasteiger charge is -2.47. The molecule has 0 atom stereocenters. The molecule has 1 amide bonds. The minimum absolute atomic E-state index is 0. The first kappa shape index (κ1) is 16.1. The van der Waals surface area contributed by atoms with Crippen LogP contribution in [-0.2, 0) is 4.79 Å². The van der Waals surface area contributed by atoms with E-state index in [4.69, 9.17) is 0 Å². The van der Waals surface area contributed by atoms with Gasteiger partial charge in [-0.2, -0.15) is 0 Å². The lowest BCUT2D eigenvalue weighted by molar-refractivity contribution is -0.150. The Balaban J connectivity index is 0.00000147. The molecule has 0 bridgehead atoms. The van der Waals surface area contributed by atoms with Crippen LogP contribution in [-0.4, -0.2) is 37.0 Å². The van der Waals surface area contributed by atoms with Crippen molar-refractivity contribution in [3.8, 4) is 0 Å². The molecule has 2 heterocycles. The molecule has 1 spiro atoms. The molecule has 1 N–H and O–H groups in total. The Kier molecular flexibility index (Phi) is 5.01. The highest BCUT2D eigenvalue weighted by Crippen LogP contribution is 2.47. The molecule has 0 aromatic carbocycles. The second-order valence-electron chi connectivity index (χ2n) is 7.10. The van der Waals surface area contributed by atoms with Crippen LogP contribution in [0.1, 0.15) is 58.3 Å². The average molecular weight is 301 g/mol. The van der Waals surface area contributed by atoms with E-state index in [1.165, 1.54) is 38.8 Å². The van der Waals surface area contributed by atoms with Crippen LogP contribution in [0.15, 0.2) is 0 Å². The molecule has 20 heavy (non-hydrogen) atoms. The molecule has 0 aromatic heterocycles. The third-order valence-corrected chi connectivity index (χ3v) is 5.94. The van der Waals surface area contributed by atoms with Gasteiger partial charge in [-0.15, -0.1) is 12.4 Å². The molecule has 4 heteroatoms. The van der Waals surface area contributed by atoms with Crippen molar-refractivity contribution in [2.24, 2.45) is 10.8 Å². The van der Waals surface area contributed by atoms with E-state index in [-0.39, 0.29) is 17.8 Å². The summed E-state index contributed by atoms with van der Waals surface area (Å²) in [5.41, 5.74) is 0.571. The van der Waals surface area contributed by atoms with Crippen LogP contribution in [0.2, 0.25) is 0 Å². The molecular weight excluding hydrogens is 272 g/mol. The summed E-state index contributed by atoms with van der Waals surface area (Å²) in [6.07, 6.45) is 9.54. The van der Waals surface area contributed by atoms with Crippen molar-refractivity contribution in [1.29, 1.82) is 0 Å². The third-order valence-electron chi connectivity index (χ3n) is 5.94. The molecule has 3 rings (SSSR count). The summed E-state index contributed by atoms with van der Waals surface area (Å²) >= 11 is 0. The molecule has 3 nitrogen and oxygen atoms in total. The predicted molar refractivity (Wildman–Crippen MR) is 84.2 cm³/mol. The molecule has 0 radical (unpaired) electrons. The first-order valence-electron chi connectivity index (χ1n) is 8.20. The number of rotatable bonds is 3. The van der Waals surface area contributed by atoms with Gasteiger partial charge in [0.15, 0.2) is 0 Å². The van der Waals surface area contributed by atoms with Crippen LogP contribution in [0, 0.1) is 10.8 Å². The fourth-order valence-electron chi connectivity index (χ4n) is 4.39. The zero-order valence-electron chi connectivity index (χ0n) is 12.7. The molecular formula is C16H29ClN2O. The highest BCUT2D eigenvalue weighted by Gasteiger charge is 2.47. The zero-order valence-corrected chi connectivity index (χ0v) is 13.6. The van der Waals surface area contributed by atoms with E-state index < -0.39 is 0 Å². The van der Waals surface area contributed by atoms with Gasteiger partial charge in [-0.25, -0.2) is 0 Å². The smallest absolute Gasteiger partial charge is 0.228 e. The number of carbonyl (C=O) groups excluding carboxylic acids is 1. The van der Waals surface area contributed by atoms with Gasteiger partial charge in [-0.3, -0.25) is 4.79 Å². The van der Waals surface area contributed by atoms with E-state index in [1.807, 2.05) is 0 Å². The largest absolute Gasteiger partial charge is 0.342 e. The molecule has 1 aliphatic carbocycles. The number of piperidine rings is 1. The Morgan fingerprint density at radius 2 is 1.85 bits per heavy atom. The van der Waals surface area contributed by atoms with E-state index in [0.29, 0.717) is 11.3 Å². The van der Waals surface area contributed by atoms with Crippen LogP contribution >= 0.6 is 12.4 Å². The van der Waals surface area contributed by atoms with Gasteiger partial charge < -0.3 is 10.2 Å². The third kappa shape index (κ3) is 2.71. The van der Waals surface area contributed by atoms with Crippen LogP contribution < -0.4 is 5.32 Å². The monoisotopic (exact) mass is 300 g/mol. The van der Waals surface area contributed by atoms with E-state index in [9.17, 15) is 4.79 Å². The van der Waals surface area contributed by atoms with E-state index in [1.54, 1.807) is 0 Å². The summed E-state index contributed by atoms with van der Waals surface area (Å²) in [6, 6.07) is 0. The lowest BCUT2D eigenvalue weighted by atomic mass is 9.64. The van der Waals surface area contributed by atoms with E-state index in [0.717, 1.165) is 38.8 Å². The highest BCUT2D eigenvalue weighted by molar-refractivity contribution is 5.85. The Morgan fingerprint density at radius 3 is 2.30 bits per heavy atom. The fourth-order valence-corrected chi connectivity index (χ4v) is 4.39.